The third-order valence-corrected chi connectivity index (χ3v) is 2.28. The molecule has 0 spiro atoms. The molecule has 0 aliphatic rings. The first-order valence-corrected chi connectivity index (χ1v) is 5.38. The van der Waals surface area contributed by atoms with Gasteiger partial charge in [-0.1, -0.05) is 12.1 Å². The van der Waals surface area contributed by atoms with Crippen molar-refractivity contribution in [3.63, 3.8) is 0 Å². The van der Waals surface area contributed by atoms with Crippen molar-refractivity contribution >= 4 is 11.5 Å². The van der Waals surface area contributed by atoms with Crippen LogP contribution in [-0.4, -0.2) is 31.3 Å². The summed E-state index contributed by atoms with van der Waals surface area (Å²) in [5.41, 5.74) is 1.78. The molecular weight excluding hydrogens is 218 g/mol. The molecule has 0 bridgehead atoms. The molecule has 2 N–H and O–H groups in total. The van der Waals surface area contributed by atoms with E-state index in [1.165, 1.54) is 6.08 Å². The Bertz CT molecular complexity index is 413. The fraction of sp³-hybridized carbons (Fsp3) is 0.308. The number of amides is 1. The van der Waals surface area contributed by atoms with Gasteiger partial charge in [-0.3, -0.25) is 4.79 Å². The Balaban J connectivity index is 2.76. The molecule has 0 aromatic heterocycles. The molecule has 1 aromatic carbocycles. The van der Waals surface area contributed by atoms with E-state index >= 15 is 0 Å². The van der Waals surface area contributed by atoms with E-state index in [2.05, 4.69) is 5.32 Å². The first-order chi connectivity index (χ1) is 8.17. The second-order valence-electron chi connectivity index (χ2n) is 3.57. The van der Waals surface area contributed by atoms with Gasteiger partial charge in [-0.15, -0.1) is 0 Å². The van der Waals surface area contributed by atoms with Crippen LogP contribution in [0.1, 0.15) is 12.5 Å². The predicted octanol–water partition coefficient (Wildman–Crippen LogP) is 1.21. The Hall–Kier alpha value is -1.81. The zero-order valence-corrected chi connectivity index (χ0v) is 10.1. The Morgan fingerprint density at radius 2 is 2.29 bits per heavy atom. The number of aliphatic hydroxyl groups excluding tert-OH is 1. The lowest BCUT2D eigenvalue weighted by Crippen LogP contribution is -2.24. The van der Waals surface area contributed by atoms with Crippen molar-refractivity contribution in [2.75, 3.05) is 20.3 Å². The molecule has 0 aliphatic heterocycles. The third kappa shape index (κ3) is 4.28. The number of carbonyl (C=O) groups excluding carboxylic acids is 1. The van der Waals surface area contributed by atoms with Crippen molar-refractivity contribution in [1.29, 1.82) is 0 Å². The number of allylic oxidation sites excluding steroid dienone is 1. The first-order valence-electron chi connectivity index (χ1n) is 5.38. The molecule has 0 fully saturated rings. The highest BCUT2D eigenvalue weighted by Crippen LogP contribution is 2.19. The minimum Gasteiger partial charge on any atom is -0.497 e. The molecule has 0 heterocycles. The van der Waals surface area contributed by atoms with Crippen molar-refractivity contribution in [3.8, 4) is 5.75 Å². The van der Waals surface area contributed by atoms with Gasteiger partial charge >= 0.3 is 0 Å². The minimum atomic E-state index is -0.209. The lowest BCUT2D eigenvalue weighted by atomic mass is 10.1. The summed E-state index contributed by atoms with van der Waals surface area (Å²) in [4.78, 5) is 11.4. The van der Waals surface area contributed by atoms with Crippen molar-refractivity contribution < 1.29 is 14.6 Å². The highest BCUT2D eigenvalue weighted by molar-refractivity contribution is 5.94. The van der Waals surface area contributed by atoms with Gasteiger partial charge in [-0.2, -0.15) is 0 Å². The van der Waals surface area contributed by atoms with Gasteiger partial charge in [0.25, 0.3) is 0 Å². The van der Waals surface area contributed by atoms with Crippen molar-refractivity contribution in [3.05, 3.63) is 35.9 Å². The topological polar surface area (TPSA) is 58.6 Å². The standard InChI is InChI=1S/C13H17NO3/c1-10(8-13(16)14-6-7-15)11-4-3-5-12(9-11)17-2/h3-5,8-9,15H,6-7H2,1-2H3,(H,14,16)/b10-8+. The Kier molecular flexibility index (Phi) is 5.23. The third-order valence-electron chi connectivity index (χ3n) is 2.28. The quantitative estimate of drug-likeness (QED) is 0.754. The molecule has 0 radical (unpaired) electrons. The number of hydrogen-bond acceptors (Lipinski definition) is 3. The molecule has 0 unspecified atom stereocenters. The second kappa shape index (κ2) is 6.70. The maximum absolute atomic E-state index is 11.4. The summed E-state index contributed by atoms with van der Waals surface area (Å²) in [7, 11) is 1.60. The predicted molar refractivity (Wildman–Crippen MR) is 66.7 cm³/mol. The number of benzene rings is 1. The van der Waals surface area contributed by atoms with Gasteiger partial charge in [-0.05, 0) is 30.2 Å². The number of methoxy groups -OCH3 is 1. The number of hydrogen-bond donors (Lipinski definition) is 2. The van der Waals surface area contributed by atoms with Crippen LogP contribution in [0.2, 0.25) is 0 Å². The summed E-state index contributed by atoms with van der Waals surface area (Å²) in [6, 6.07) is 7.50. The van der Waals surface area contributed by atoms with E-state index in [1.54, 1.807) is 7.11 Å². The monoisotopic (exact) mass is 235 g/mol. The number of nitrogens with one attached hydrogen (secondary N) is 1. The van der Waals surface area contributed by atoms with E-state index in [0.717, 1.165) is 16.9 Å². The zero-order valence-electron chi connectivity index (χ0n) is 10.1. The zero-order chi connectivity index (χ0) is 12.7. The van der Waals surface area contributed by atoms with Crippen LogP contribution < -0.4 is 10.1 Å². The molecule has 4 heteroatoms. The van der Waals surface area contributed by atoms with E-state index < -0.39 is 0 Å². The Morgan fingerprint density at radius 3 is 2.94 bits per heavy atom. The van der Waals surface area contributed by atoms with Crippen molar-refractivity contribution in [1.82, 2.24) is 5.32 Å². The average molecular weight is 235 g/mol. The smallest absolute Gasteiger partial charge is 0.244 e. The fourth-order valence-corrected chi connectivity index (χ4v) is 1.38. The van der Waals surface area contributed by atoms with Crippen molar-refractivity contribution in [2.45, 2.75) is 6.92 Å². The number of carbonyl (C=O) groups is 1. The van der Waals surface area contributed by atoms with Gasteiger partial charge in [0, 0.05) is 12.6 Å². The SMILES string of the molecule is COc1cccc(/C(C)=C/C(=O)NCCO)c1. The van der Waals surface area contributed by atoms with Crippen LogP contribution in [0.5, 0.6) is 5.75 Å². The first kappa shape index (κ1) is 13.3. The Labute approximate surface area is 101 Å². The van der Waals surface area contributed by atoms with Gasteiger partial charge in [0.15, 0.2) is 0 Å². The van der Waals surface area contributed by atoms with Gasteiger partial charge in [0.1, 0.15) is 5.75 Å². The van der Waals surface area contributed by atoms with Gasteiger partial charge in [0.05, 0.1) is 13.7 Å². The molecule has 0 saturated heterocycles. The summed E-state index contributed by atoms with van der Waals surface area (Å²) in [5, 5.41) is 11.1. The summed E-state index contributed by atoms with van der Waals surface area (Å²) in [6.07, 6.45) is 1.50. The molecule has 0 saturated carbocycles. The van der Waals surface area contributed by atoms with E-state index in [9.17, 15) is 4.79 Å². The molecule has 1 amide bonds. The van der Waals surface area contributed by atoms with Crippen molar-refractivity contribution in [2.24, 2.45) is 0 Å². The van der Waals surface area contributed by atoms with Gasteiger partial charge < -0.3 is 15.2 Å². The van der Waals surface area contributed by atoms with Crippen LogP contribution in [0.4, 0.5) is 0 Å². The molecule has 0 aliphatic carbocycles. The largest absolute Gasteiger partial charge is 0.497 e. The molecule has 1 aromatic rings. The van der Waals surface area contributed by atoms with E-state index in [1.807, 2.05) is 31.2 Å². The lowest BCUT2D eigenvalue weighted by Gasteiger charge is -2.05. The van der Waals surface area contributed by atoms with Crippen LogP contribution in [0, 0.1) is 0 Å². The maximum Gasteiger partial charge on any atom is 0.244 e. The number of ether oxygens (including phenoxy) is 1. The van der Waals surface area contributed by atoms with E-state index in [0.29, 0.717) is 0 Å². The fourth-order valence-electron chi connectivity index (χ4n) is 1.38. The highest BCUT2D eigenvalue weighted by atomic mass is 16.5. The van der Waals surface area contributed by atoms with Crippen LogP contribution in [-0.2, 0) is 4.79 Å². The second-order valence-corrected chi connectivity index (χ2v) is 3.57. The summed E-state index contributed by atoms with van der Waals surface area (Å²) >= 11 is 0. The summed E-state index contributed by atoms with van der Waals surface area (Å²) in [5.74, 6) is 0.547. The maximum atomic E-state index is 11.4. The number of rotatable bonds is 5. The van der Waals surface area contributed by atoms with Gasteiger partial charge in [0.2, 0.25) is 5.91 Å². The van der Waals surface area contributed by atoms with E-state index in [-0.39, 0.29) is 19.1 Å². The Morgan fingerprint density at radius 1 is 1.53 bits per heavy atom. The van der Waals surface area contributed by atoms with Crippen LogP contribution in [0.3, 0.4) is 0 Å². The molecular formula is C13H17NO3. The molecule has 4 nitrogen and oxygen atoms in total. The highest BCUT2D eigenvalue weighted by Gasteiger charge is 2.01. The summed E-state index contributed by atoms with van der Waals surface area (Å²) < 4.78 is 5.11. The van der Waals surface area contributed by atoms with Gasteiger partial charge in [-0.25, -0.2) is 0 Å². The molecule has 92 valence electrons. The lowest BCUT2D eigenvalue weighted by molar-refractivity contribution is -0.116. The molecule has 17 heavy (non-hydrogen) atoms. The van der Waals surface area contributed by atoms with Crippen LogP contribution in [0.15, 0.2) is 30.3 Å². The molecule has 1 rings (SSSR count). The van der Waals surface area contributed by atoms with Crippen LogP contribution >= 0.6 is 0 Å². The number of aliphatic hydroxyl groups is 1. The van der Waals surface area contributed by atoms with Crippen LogP contribution in [0.25, 0.3) is 5.57 Å². The van der Waals surface area contributed by atoms with E-state index in [4.69, 9.17) is 9.84 Å². The normalized spacial score (nSPS) is 11.1. The average Bonchev–Trinajstić information content (AvgIpc) is 2.36. The minimum absolute atomic E-state index is 0.0578. The molecule has 0 atom stereocenters. The summed E-state index contributed by atoms with van der Waals surface area (Å²) in [6.45, 7) is 2.06.